The van der Waals surface area contributed by atoms with E-state index in [0.29, 0.717) is 11.4 Å². The van der Waals surface area contributed by atoms with Gasteiger partial charge in [-0.25, -0.2) is 9.79 Å². The largest absolute Gasteiger partial charge is 0.465 e. The topological polar surface area (TPSA) is 50.7 Å². The molecule has 0 atom stereocenters. The molecule has 88 valence electrons. The minimum atomic E-state index is -0.380. The van der Waals surface area contributed by atoms with Crippen molar-refractivity contribution in [1.82, 2.24) is 0 Å². The molecule has 0 bridgehead atoms. The van der Waals surface area contributed by atoms with E-state index in [1.165, 1.54) is 7.11 Å². The molecule has 0 unspecified atom stereocenters. The molecule has 0 saturated heterocycles. The fourth-order valence-electron chi connectivity index (χ4n) is 1.24. The van der Waals surface area contributed by atoms with Crippen molar-refractivity contribution < 1.29 is 9.53 Å². The molecule has 1 aromatic rings. The Morgan fingerprint density at radius 3 is 2.88 bits per heavy atom. The molecule has 0 amide bonds. The van der Waals surface area contributed by atoms with Crippen LogP contribution in [-0.4, -0.2) is 19.8 Å². The summed E-state index contributed by atoms with van der Waals surface area (Å²) in [5, 5.41) is 3.00. The molecule has 0 aromatic heterocycles. The monoisotopic (exact) mass is 230 g/mol. The summed E-state index contributed by atoms with van der Waals surface area (Å²) in [6, 6.07) is 6.92. The number of nitrogens with one attached hydrogen (secondary N) is 1. The summed E-state index contributed by atoms with van der Waals surface area (Å²) in [6.45, 7) is 7.00. The van der Waals surface area contributed by atoms with Gasteiger partial charge in [0.2, 0.25) is 0 Å². The van der Waals surface area contributed by atoms with Gasteiger partial charge in [0.25, 0.3) is 0 Å². The van der Waals surface area contributed by atoms with Gasteiger partial charge in [-0.2, -0.15) is 0 Å². The van der Waals surface area contributed by atoms with Gasteiger partial charge >= 0.3 is 5.97 Å². The Balaban J connectivity index is 2.92. The Morgan fingerprint density at radius 1 is 1.53 bits per heavy atom. The Bertz CT molecular complexity index is 464. The van der Waals surface area contributed by atoms with Crippen molar-refractivity contribution in [1.29, 1.82) is 0 Å². The molecule has 0 radical (unpaired) electrons. The van der Waals surface area contributed by atoms with E-state index in [1.807, 2.05) is 6.07 Å². The molecule has 0 heterocycles. The lowest BCUT2D eigenvalue weighted by atomic mass is 10.2. The average Bonchev–Trinajstić information content (AvgIpc) is 2.37. The van der Waals surface area contributed by atoms with Crippen LogP contribution in [-0.2, 0) is 4.74 Å². The molecule has 0 spiro atoms. The number of benzene rings is 1. The molecule has 4 heteroatoms. The van der Waals surface area contributed by atoms with Gasteiger partial charge in [0, 0.05) is 5.69 Å². The van der Waals surface area contributed by atoms with E-state index in [0.717, 1.165) is 5.69 Å². The van der Waals surface area contributed by atoms with Gasteiger partial charge in [-0.15, -0.1) is 0 Å². The zero-order valence-corrected chi connectivity index (χ0v) is 9.64. The Labute approximate surface area is 100 Å². The summed E-state index contributed by atoms with van der Waals surface area (Å²) in [7, 11) is 1.34. The molecule has 0 aliphatic rings. The van der Waals surface area contributed by atoms with Crippen LogP contribution in [0.4, 0.5) is 5.69 Å². The highest BCUT2D eigenvalue weighted by Gasteiger charge is 2.05. The Morgan fingerprint density at radius 2 is 2.29 bits per heavy atom. The number of allylic oxidation sites excluding steroid dienone is 2. The van der Waals surface area contributed by atoms with Crippen molar-refractivity contribution in [2.45, 2.75) is 0 Å². The minimum absolute atomic E-state index is 0.380. The maximum absolute atomic E-state index is 11.3. The zero-order valence-electron chi connectivity index (χ0n) is 9.64. The molecule has 0 fully saturated rings. The minimum Gasteiger partial charge on any atom is -0.465 e. The second-order valence-corrected chi connectivity index (χ2v) is 3.14. The summed E-state index contributed by atoms with van der Waals surface area (Å²) in [5.74, 6) is 0.177. The number of nitrogens with zero attached hydrogens (tertiary/aromatic N) is 1. The summed E-state index contributed by atoms with van der Waals surface area (Å²) >= 11 is 0. The number of esters is 1. The van der Waals surface area contributed by atoms with Crippen LogP contribution < -0.4 is 5.32 Å². The molecule has 0 aliphatic heterocycles. The number of methoxy groups -OCH3 is 1. The molecule has 17 heavy (non-hydrogen) atoms. The number of ether oxygens (including phenoxy) is 1. The second kappa shape index (κ2) is 6.27. The number of hydrogen-bond acceptors (Lipinski definition) is 4. The number of carbonyl (C=O) groups is 1. The molecular weight excluding hydrogens is 216 g/mol. The van der Waals surface area contributed by atoms with Gasteiger partial charge in [-0.1, -0.05) is 18.7 Å². The van der Waals surface area contributed by atoms with Crippen molar-refractivity contribution in [3.63, 3.8) is 0 Å². The lowest BCUT2D eigenvalue weighted by molar-refractivity contribution is 0.0601. The fraction of sp³-hybridized carbons (Fsp3) is 0.0769. The molecule has 0 aliphatic carbocycles. The highest BCUT2D eigenvalue weighted by Crippen LogP contribution is 2.14. The van der Waals surface area contributed by atoms with Crippen LogP contribution >= 0.6 is 0 Å². The highest BCUT2D eigenvalue weighted by molar-refractivity contribution is 5.90. The van der Waals surface area contributed by atoms with E-state index in [4.69, 9.17) is 0 Å². The lowest BCUT2D eigenvalue weighted by Gasteiger charge is -2.07. The molecule has 0 saturated carbocycles. The van der Waals surface area contributed by atoms with Gasteiger partial charge < -0.3 is 10.1 Å². The van der Waals surface area contributed by atoms with Crippen LogP contribution in [0, 0.1) is 0 Å². The van der Waals surface area contributed by atoms with Crippen LogP contribution in [0.25, 0.3) is 0 Å². The zero-order chi connectivity index (χ0) is 12.7. The summed E-state index contributed by atoms with van der Waals surface area (Å²) in [6.07, 6.45) is 3.28. The van der Waals surface area contributed by atoms with Gasteiger partial charge in [-0.3, -0.25) is 0 Å². The third-order valence-corrected chi connectivity index (χ3v) is 2.00. The quantitative estimate of drug-likeness (QED) is 0.480. The van der Waals surface area contributed by atoms with E-state index in [1.54, 1.807) is 30.4 Å². The van der Waals surface area contributed by atoms with Gasteiger partial charge in [0.15, 0.2) is 0 Å². The summed E-state index contributed by atoms with van der Waals surface area (Å²) in [5.41, 5.74) is 1.20. The lowest BCUT2D eigenvalue weighted by Crippen LogP contribution is -2.03. The van der Waals surface area contributed by atoms with E-state index in [2.05, 4.69) is 28.3 Å². The van der Waals surface area contributed by atoms with Crippen LogP contribution in [0.5, 0.6) is 0 Å². The maximum Gasteiger partial charge on any atom is 0.337 e. The van der Waals surface area contributed by atoms with Crippen LogP contribution in [0.3, 0.4) is 0 Å². The summed E-state index contributed by atoms with van der Waals surface area (Å²) < 4.78 is 4.64. The van der Waals surface area contributed by atoms with Crippen molar-refractivity contribution in [2.24, 2.45) is 4.99 Å². The smallest absolute Gasteiger partial charge is 0.337 e. The van der Waals surface area contributed by atoms with Crippen LogP contribution in [0.15, 0.2) is 53.8 Å². The van der Waals surface area contributed by atoms with Gasteiger partial charge in [0.05, 0.1) is 12.7 Å². The van der Waals surface area contributed by atoms with E-state index < -0.39 is 0 Å². The normalized spacial score (nSPS) is 10.5. The van der Waals surface area contributed by atoms with Gasteiger partial charge in [0.1, 0.15) is 5.82 Å². The first-order valence-corrected chi connectivity index (χ1v) is 4.96. The average molecular weight is 230 g/mol. The van der Waals surface area contributed by atoms with Crippen molar-refractivity contribution in [2.75, 3.05) is 12.4 Å². The Hall–Kier alpha value is -2.36. The maximum atomic E-state index is 11.3. The van der Waals surface area contributed by atoms with E-state index >= 15 is 0 Å². The van der Waals surface area contributed by atoms with Gasteiger partial charge in [-0.05, 0) is 31.0 Å². The second-order valence-electron chi connectivity index (χ2n) is 3.14. The standard InChI is InChI=1S/C13H14N2O2/c1-4-6-12(14-2)15-11-8-5-7-10(9-11)13(16)17-3/h4-9,15H,1-2H2,3H3/b12-6+. The molecule has 1 aromatic carbocycles. The molecule has 1 N–H and O–H groups in total. The Kier molecular flexibility index (Phi) is 4.69. The van der Waals surface area contributed by atoms with Crippen molar-refractivity contribution in [3.05, 3.63) is 54.4 Å². The molecular formula is C13H14N2O2. The van der Waals surface area contributed by atoms with Crippen LogP contribution in [0.1, 0.15) is 10.4 Å². The predicted octanol–water partition coefficient (Wildman–Crippen LogP) is 2.61. The third-order valence-electron chi connectivity index (χ3n) is 2.00. The number of rotatable bonds is 5. The fourth-order valence-corrected chi connectivity index (χ4v) is 1.24. The van der Waals surface area contributed by atoms with Crippen molar-refractivity contribution >= 4 is 18.4 Å². The van der Waals surface area contributed by atoms with E-state index in [9.17, 15) is 4.79 Å². The number of anilines is 1. The first kappa shape index (κ1) is 12.7. The number of hydrogen-bond donors (Lipinski definition) is 1. The number of aliphatic imine (C=N–C) groups is 1. The SMILES string of the molecule is C=C/C=C(\N=C)Nc1cccc(C(=O)OC)c1. The van der Waals surface area contributed by atoms with Crippen LogP contribution in [0.2, 0.25) is 0 Å². The van der Waals surface area contributed by atoms with Crippen molar-refractivity contribution in [3.8, 4) is 0 Å². The third kappa shape index (κ3) is 3.61. The number of carbonyl (C=O) groups excluding carboxylic acids is 1. The molecule has 1 rings (SSSR count). The first-order chi connectivity index (χ1) is 8.21. The highest BCUT2D eigenvalue weighted by atomic mass is 16.5. The van der Waals surface area contributed by atoms with E-state index in [-0.39, 0.29) is 5.97 Å². The molecule has 4 nitrogen and oxygen atoms in total. The summed E-state index contributed by atoms with van der Waals surface area (Å²) in [4.78, 5) is 15.1. The predicted molar refractivity (Wildman–Crippen MR) is 69.2 cm³/mol. The first-order valence-electron chi connectivity index (χ1n) is 4.96.